The number of aryl methyl sites for hydroxylation is 1. The van der Waals surface area contributed by atoms with Crippen LogP contribution in [0.3, 0.4) is 0 Å². The van der Waals surface area contributed by atoms with E-state index in [2.05, 4.69) is 5.32 Å². The molecule has 0 bridgehead atoms. The fourth-order valence-electron chi connectivity index (χ4n) is 2.78. The maximum Gasteiger partial charge on any atom is 0.310 e. The molecule has 1 aliphatic carbocycles. The van der Waals surface area contributed by atoms with Crippen molar-refractivity contribution in [3.63, 3.8) is 0 Å². The van der Waals surface area contributed by atoms with Crippen LogP contribution in [0.5, 0.6) is 5.75 Å². The third-order valence-corrected chi connectivity index (χ3v) is 4.04. The van der Waals surface area contributed by atoms with Gasteiger partial charge in [-0.25, -0.2) is 4.39 Å². The number of hydrogen-bond donors (Lipinski definition) is 1. The van der Waals surface area contributed by atoms with Crippen LogP contribution in [-0.4, -0.2) is 18.4 Å². The van der Waals surface area contributed by atoms with E-state index in [4.69, 9.17) is 4.74 Å². The van der Waals surface area contributed by atoms with Gasteiger partial charge < -0.3 is 10.1 Å². The van der Waals surface area contributed by atoms with E-state index in [9.17, 15) is 14.0 Å². The summed E-state index contributed by atoms with van der Waals surface area (Å²) in [6.45, 7) is 4.10. The fraction of sp³-hybridized carbons (Fsp3) is 0.529. The molecule has 1 N–H and O–H groups in total. The summed E-state index contributed by atoms with van der Waals surface area (Å²) in [6, 6.07) is 3.12. The van der Waals surface area contributed by atoms with Gasteiger partial charge in [0.05, 0.1) is 0 Å². The van der Waals surface area contributed by atoms with Crippen molar-refractivity contribution >= 4 is 11.9 Å². The number of carbonyl (C=O) groups excluding carboxylic acids is 2. The molecule has 1 amide bonds. The van der Waals surface area contributed by atoms with Gasteiger partial charge in [0.1, 0.15) is 0 Å². The molecule has 1 unspecified atom stereocenters. The van der Waals surface area contributed by atoms with E-state index >= 15 is 0 Å². The molecule has 1 atom stereocenters. The average molecular weight is 307 g/mol. The lowest BCUT2D eigenvalue weighted by Gasteiger charge is -2.14. The molecule has 0 aliphatic heterocycles. The van der Waals surface area contributed by atoms with Gasteiger partial charge in [-0.2, -0.15) is 0 Å². The zero-order valence-corrected chi connectivity index (χ0v) is 13.1. The molecule has 0 radical (unpaired) electrons. The van der Waals surface area contributed by atoms with Crippen molar-refractivity contribution < 1.29 is 18.7 Å². The fourth-order valence-corrected chi connectivity index (χ4v) is 2.78. The number of amides is 1. The van der Waals surface area contributed by atoms with E-state index in [0.717, 1.165) is 30.4 Å². The Morgan fingerprint density at radius 3 is 2.77 bits per heavy atom. The van der Waals surface area contributed by atoms with Gasteiger partial charge in [-0.15, -0.1) is 0 Å². The van der Waals surface area contributed by atoms with E-state index in [1.54, 1.807) is 13.0 Å². The van der Waals surface area contributed by atoms with Crippen LogP contribution in [0.4, 0.5) is 4.39 Å². The zero-order chi connectivity index (χ0) is 16.1. The summed E-state index contributed by atoms with van der Waals surface area (Å²) in [6.07, 6.45) is 3.25. The smallest absolute Gasteiger partial charge is 0.310 e. The summed E-state index contributed by atoms with van der Waals surface area (Å²) in [7, 11) is 0. The third kappa shape index (κ3) is 3.84. The van der Waals surface area contributed by atoms with Gasteiger partial charge in [0, 0.05) is 19.4 Å². The molecule has 0 fully saturated rings. The Morgan fingerprint density at radius 1 is 1.32 bits per heavy atom. The van der Waals surface area contributed by atoms with Crippen molar-refractivity contribution in [3.8, 4) is 5.75 Å². The molecule has 0 heterocycles. The summed E-state index contributed by atoms with van der Waals surface area (Å²) < 4.78 is 19.0. The van der Waals surface area contributed by atoms with E-state index in [0.29, 0.717) is 13.0 Å². The van der Waals surface area contributed by atoms with E-state index in [1.807, 2.05) is 6.92 Å². The van der Waals surface area contributed by atoms with Crippen LogP contribution >= 0.6 is 0 Å². The second-order valence-electron chi connectivity index (χ2n) is 5.54. The number of ether oxygens (including phenoxy) is 1. The summed E-state index contributed by atoms with van der Waals surface area (Å²) in [5.41, 5.74) is 2.01. The quantitative estimate of drug-likeness (QED) is 0.649. The average Bonchev–Trinajstić information content (AvgIpc) is 2.89. The highest BCUT2D eigenvalue weighted by atomic mass is 19.1. The Kier molecular flexibility index (Phi) is 5.52. The highest BCUT2D eigenvalue weighted by Gasteiger charge is 2.25. The van der Waals surface area contributed by atoms with Crippen molar-refractivity contribution in [1.29, 1.82) is 0 Å². The van der Waals surface area contributed by atoms with Crippen LogP contribution in [0.2, 0.25) is 0 Å². The number of carbonyl (C=O) groups is 2. The van der Waals surface area contributed by atoms with Crippen molar-refractivity contribution in [1.82, 2.24) is 5.32 Å². The lowest BCUT2D eigenvalue weighted by atomic mass is 9.97. The normalized spacial score (nSPS) is 16.2. The summed E-state index contributed by atoms with van der Waals surface area (Å²) in [5, 5.41) is 2.86. The van der Waals surface area contributed by atoms with Crippen molar-refractivity contribution in [3.05, 3.63) is 29.1 Å². The van der Waals surface area contributed by atoms with Crippen LogP contribution in [0.25, 0.3) is 0 Å². The molecule has 0 aromatic heterocycles. The van der Waals surface area contributed by atoms with Crippen LogP contribution in [0.1, 0.15) is 56.6 Å². The predicted molar refractivity (Wildman–Crippen MR) is 81.3 cm³/mol. The molecule has 0 saturated carbocycles. The number of rotatable bonds is 6. The van der Waals surface area contributed by atoms with Gasteiger partial charge in [0.15, 0.2) is 11.6 Å². The first-order valence-corrected chi connectivity index (χ1v) is 7.84. The van der Waals surface area contributed by atoms with Gasteiger partial charge in [-0.1, -0.05) is 13.8 Å². The van der Waals surface area contributed by atoms with Crippen LogP contribution in [0, 0.1) is 5.82 Å². The minimum atomic E-state index is -0.486. The second kappa shape index (κ2) is 7.38. The molecule has 1 aliphatic rings. The molecular formula is C17H22FNO3. The Hall–Kier alpha value is -1.91. The van der Waals surface area contributed by atoms with Crippen LogP contribution in [0.15, 0.2) is 12.1 Å². The molecule has 0 spiro atoms. The minimum absolute atomic E-state index is 0.00935. The predicted octanol–water partition coefficient (Wildman–Crippen LogP) is 3.09. The Labute approximate surface area is 130 Å². The molecule has 120 valence electrons. The molecule has 0 saturated heterocycles. The molecule has 1 aromatic carbocycles. The topological polar surface area (TPSA) is 55.4 Å². The van der Waals surface area contributed by atoms with Gasteiger partial charge in [-0.3, -0.25) is 9.59 Å². The third-order valence-electron chi connectivity index (χ3n) is 4.04. The van der Waals surface area contributed by atoms with Gasteiger partial charge in [-0.05, 0) is 48.4 Å². The van der Waals surface area contributed by atoms with Crippen molar-refractivity contribution in [2.45, 2.75) is 51.9 Å². The SMILES string of the molecule is CCC(=O)NCCC1CCc2cc(F)c(OC(=O)CC)cc21. The van der Waals surface area contributed by atoms with E-state index in [1.165, 1.54) is 6.07 Å². The van der Waals surface area contributed by atoms with E-state index < -0.39 is 11.8 Å². The molecule has 4 nitrogen and oxygen atoms in total. The number of benzene rings is 1. The Morgan fingerprint density at radius 2 is 2.09 bits per heavy atom. The molecule has 22 heavy (non-hydrogen) atoms. The van der Waals surface area contributed by atoms with Crippen LogP contribution < -0.4 is 10.1 Å². The van der Waals surface area contributed by atoms with Gasteiger partial charge >= 0.3 is 5.97 Å². The maximum atomic E-state index is 13.9. The summed E-state index contributed by atoms with van der Waals surface area (Å²) >= 11 is 0. The number of halogens is 1. The molecular weight excluding hydrogens is 285 g/mol. The highest BCUT2D eigenvalue weighted by molar-refractivity contribution is 5.75. The number of fused-ring (bicyclic) bond motifs is 1. The van der Waals surface area contributed by atoms with Crippen LogP contribution in [-0.2, 0) is 16.0 Å². The number of hydrogen-bond acceptors (Lipinski definition) is 3. The standard InChI is InChI=1S/C17H22FNO3/c1-3-16(20)19-8-7-11-5-6-12-9-14(18)15(10-13(11)12)22-17(21)4-2/h9-11H,3-8H2,1-2H3,(H,19,20). The van der Waals surface area contributed by atoms with Crippen molar-refractivity contribution in [2.24, 2.45) is 0 Å². The van der Waals surface area contributed by atoms with E-state index in [-0.39, 0.29) is 24.0 Å². The molecule has 5 heteroatoms. The van der Waals surface area contributed by atoms with Gasteiger partial charge in [0.2, 0.25) is 5.91 Å². The number of esters is 1. The Bertz CT molecular complexity index is 571. The summed E-state index contributed by atoms with van der Waals surface area (Å²) in [4.78, 5) is 22.6. The second-order valence-corrected chi connectivity index (χ2v) is 5.54. The molecule has 1 aromatic rings. The number of nitrogens with one attached hydrogen (secondary N) is 1. The first-order valence-electron chi connectivity index (χ1n) is 7.84. The monoisotopic (exact) mass is 307 g/mol. The zero-order valence-electron chi connectivity index (χ0n) is 13.1. The summed E-state index contributed by atoms with van der Waals surface area (Å²) in [5.74, 6) is -0.610. The van der Waals surface area contributed by atoms with Crippen molar-refractivity contribution in [2.75, 3.05) is 6.54 Å². The first kappa shape index (κ1) is 16.5. The minimum Gasteiger partial charge on any atom is -0.423 e. The lowest BCUT2D eigenvalue weighted by Crippen LogP contribution is -2.24. The lowest BCUT2D eigenvalue weighted by molar-refractivity contribution is -0.134. The highest BCUT2D eigenvalue weighted by Crippen LogP contribution is 2.38. The largest absolute Gasteiger partial charge is 0.423 e. The first-order chi connectivity index (χ1) is 10.5. The van der Waals surface area contributed by atoms with Gasteiger partial charge in [0.25, 0.3) is 0 Å². The molecule has 2 rings (SSSR count). The Balaban J connectivity index is 2.07. The maximum absolute atomic E-state index is 13.9.